The molecule has 0 radical (unpaired) electrons. The van der Waals surface area contributed by atoms with Crippen molar-refractivity contribution in [1.29, 1.82) is 0 Å². The van der Waals surface area contributed by atoms with E-state index >= 15 is 0 Å². The molecule has 1 atom stereocenters. The minimum atomic E-state index is -4.03. The molecular formula is C24H41NO6S. The Morgan fingerprint density at radius 2 is 1.50 bits per heavy atom. The van der Waals surface area contributed by atoms with Crippen molar-refractivity contribution in [2.24, 2.45) is 0 Å². The van der Waals surface area contributed by atoms with Crippen LogP contribution >= 0.6 is 0 Å². The number of hydrogen-bond acceptors (Lipinski definition) is 5. The van der Waals surface area contributed by atoms with E-state index in [9.17, 15) is 13.2 Å². The molecule has 1 aromatic rings. The largest absolute Gasteiger partial charge is 0.497 e. The predicted octanol–water partition coefficient (Wildman–Crippen LogP) is 6.05. The lowest BCUT2D eigenvalue weighted by Crippen LogP contribution is -2.28. The summed E-state index contributed by atoms with van der Waals surface area (Å²) in [6, 6.07) is 7.47. The van der Waals surface area contributed by atoms with Crippen LogP contribution in [-0.4, -0.2) is 38.5 Å². The number of alkyl carbamates (subject to hydrolysis) is 1. The molecule has 184 valence electrons. The molecule has 0 fully saturated rings. The lowest BCUT2D eigenvalue weighted by molar-refractivity contribution is 0.0908. The zero-order chi connectivity index (χ0) is 23.7. The van der Waals surface area contributed by atoms with Crippen LogP contribution < -0.4 is 10.1 Å². The van der Waals surface area contributed by atoms with Crippen LogP contribution in [-0.2, 0) is 14.9 Å². The van der Waals surface area contributed by atoms with Crippen LogP contribution in [0.4, 0.5) is 4.79 Å². The predicted molar refractivity (Wildman–Crippen MR) is 128 cm³/mol. The molecule has 0 aliphatic carbocycles. The van der Waals surface area contributed by atoms with Crippen molar-refractivity contribution >= 4 is 16.2 Å². The van der Waals surface area contributed by atoms with Gasteiger partial charge in [0.15, 0.2) is 0 Å². The van der Waals surface area contributed by atoms with E-state index in [1.807, 2.05) is 24.3 Å². The standard InChI is InChI=1S/C24H41NO6S/c1-3-4-5-6-7-8-9-10-11-12-14-23(21-15-17-22(30-2)18-16-21)31-24(26)25-19-13-20-32(27,28)29/h15-18,23H,3-14,19-20H2,1-2H3,(H,25,26)(H,27,28,29). The van der Waals surface area contributed by atoms with Crippen LogP contribution in [0.25, 0.3) is 0 Å². The van der Waals surface area contributed by atoms with Crippen LogP contribution in [0.15, 0.2) is 24.3 Å². The second kappa shape index (κ2) is 16.8. The Hall–Kier alpha value is -1.80. The normalized spacial score (nSPS) is 12.3. The number of unbranched alkanes of at least 4 members (excludes halogenated alkanes) is 9. The third kappa shape index (κ3) is 14.3. The maximum atomic E-state index is 12.2. The van der Waals surface area contributed by atoms with Gasteiger partial charge in [0.2, 0.25) is 0 Å². The van der Waals surface area contributed by atoms with Gasteiger partial charge in [0.05, 0.1) is 12.9 Å². The summed E-state index contributed by atoms with van der Waals surface area (Å²) in [7, 11) is -2.42. The Morgan fingerprint density at radius 1 is 0.938 bits per heavy atom. The van der Waals surface area contributed by atoms with E-state index < -0.39 is 22.0 Å². The number of benzene rings is 1. The van der Waals surface area contributed by atoms with Crippen molar-refractivity contribution < 1.29 is 27.2 Å². The van der Waals surface area contributed by atoms with E-state index in [1.54, 1.807) is 7.11 Å². The van der Waals surface area contributed by atoms with Gasteiger partial charge < -0.3 is 14.8 Å². The zero-order valence-corrected chi connectivity index (χ0v) is 20.5. The van der Waals surface area contributed by atoms with Crippen LogP contribution in [0.2, 0.25) is 0 Å². The van der Waals surface area contributed by atoms with Gasteiger partial charge in [-0.05, 0) is 37.0 Å². The number of carbonyl (C=O) groups excluding carboxylic acids is 1. The van der Waals surface area contributed by atoms with Gasteiger partial charge >= 0.3 is 6.09 Å². The third-order valence-corrected chi connectivity index (χ3v) is 6.21. The number of methoxy groups -OCH3 is 1. The summed E-state index contributed by atoms with van der Waals surface area (Å²) in [5.41, 5.74) is 0.898. The van der Waals surface area contributed by atoms with Gasteiger partial charge in [-0.1, -0.05) is 76.8 Å². The van der Waals surface area contributed by atoms with Crippen molar-refractivity contribution in [3.05, 3.63) is 29.8 Å². The molecule has 1 aromatic carbocycles. The summed E-state index contributed by atoms with van der Waals surface area (Å²) in [5, 5.41) is 2.56. The smallest absolute Gasteiger partial charge is 0.407 e. The molecular weight excluding hydrogens is 430 g/mol. The van der Waals surface area contributed by atoms with Crippen molar-refractivity contribution in [3.8, 4) is 5.75 Å². The van der Waals surface area contributed by atoms with Crippen LogP contribution in [0.5, 0.6) is 5.75 Å². The summed E-state index contributed by atoms with van der Waals surface area (Å²) in [6.07, 6.45) is 12.3. The summed E-state index contributed by atoms with van der Waals surface area (Å²) >= 11 is 0. The van der Waals surface area contributed by atoms with Crippen LogP contribution in [0, 0.1) is 0 Å². The second-order valence-corrected chi connectivity index (χ2v) is 9.78. The molecule has 1 unspecified atom stereocenters. The van der Waals surface area contributed by atoms with Crippen molar-refractivity contribution in [3.63, 3.8) is 0 Å². The number of rotatable bonds is 18. The molecule has 1 amide bonds. The Bertz CT molecular complexity index is 721. The van der Waals surface area contributed by atoms with Gasteiger partial charge in [0, 0.05) is 6.54 Å². The summed E-state index contributed by atoms with van der Waals surface area (Å²) in [5.74, 6) is 0.342. The van der Waals surface area contributed by atoms with Crippen molar-refractivity contribution in [1.82, 2.24) is 5.32 Å². The van der Waals surface area contributed by atoms with Gasteiger partial charge in [-0.3, -0.25) is 4.55 Å². The molecule has 7 nitrogen and oxygen atoms in total. The van der Waals surface area contributed by atoms with Crippen LogP contribution in [0.3, 0.4) is 0 Å². The molecule has 0 saturated heterocycles. The Kier molecular flexibility index (Phi) is 14.8. The fourth-order valence-electron chi connectivity index (χ4n) is 3.55. The van der Waals surface area contributed by atoms with Gasteiger partial charge in [-0.2, -0.15) is 8.42 Å². The average molecular weight is 472 g/mol. The number of carbonyl (C=O) groups is 1. The molecule has 32 heavy (non-hydrogen) atoms. The molecule has 0 spiro atoms. The van der Waals surface area contributed by atoms with Gasteiger partial charge in [0.1, 0.15) is 11.9 Å². The van der Waals surface area contributed by atoms with E-state index in [2.05, 4.69) is 12.2 Å². The first-order chi connectivity index (χ1) is 15.4. The summed E-state index contributed by atoms with van der Waals surface area (Å²) in [6.45, 7) is 2.35. The van der Waals surface area contributed by atoms with E-state index in [4.69, 9.17) is 14.0 Å². The zero-order valence-electron chi connectivity index (χ0n) is 19.7. The molecule has 0 heterocycles. The number of amides is 1. The summed E-state index contributed by atoms with van der Waals surface area (Å²) < 4.78 is 41.1. The highest BCUT2D eigenvalue weighted by molar-refractivity contribution is 7.85. The second-order valence-electron chi connectivity index (χ2n) is 8.20. The average Bonchev–Trinajstić information content (AvgIpc) is 2.76. The third-order valence-electron chi connectivity index (χ3n) is 5.41. The molecule has 0 aliphatic heterocycles. The monoisotopic (exact) mass is 471 g/mol. The minimum absolute atomic E-state index is 0.117. The highest BCUT2D eigenvalue weighted by atomic mass is 32.2. The van der Waals surface area contributed by atoms with E-state index in [1.165, 1.54) is 51.4 Å². The van der Waals surface area contributed by atoms with E-state index in [0.717, 1.165) is 30.6 Å². The lowest BCUT2D eigenvalue weighted by Gasteiger charge is -2.19. The minimum Gasteiger partial charge on any atom is -0.497 e. The molecule has 0 aliphatic rings. The van der Waals surface area contributed by atoms with Crippen molar-refractivity contribution in [2.45, 2.75) is 90.1 Å². The first-order valence-corrected chi connectivity index (χ1v) is 13.5. The maximum Gasteiger partial charge on any atom is 0.407 e. The molecule has 8 heteroatoms. The highest BCUT2D eigenvalue weighted by Gasteiger charge is 2.17. The lowest BCUT2D eigenvalue weighted by atomic mass is 10.0. The number of nitrogens with one attached hydrogen (secondary N) is 1. The van der Waals surface area contributed by atoms with E-state index in [0.29, 0.717) is 0 Å². The molecule has 0 aromatic heterocycles. The van der Waals surface area contributed by atoms with Crippen molar-refractivity contribution in [2.75, 3.05) is 19.4 Å². The fourth-order valence-corrected chi connectivity index (χ4v) is 4.05. The number of hydrogen-bond donors (Lipinski definition) is 2. The molecule has 0 saturated carbocycles. The number of ether oxygens (including phenoxy) is 2. The molecule has 0 bridgehead atoms. The van der Waals surface area contributed by atoms with Gasteiger partial charge in [-0.25, -0.2) is 4.79 Å². The maximum absolute atomic E-state index is 12.2. The quantitative estimate of drug-likeness (QED) is 0.200. The SMILES string of the molecule is CCCCCCCCCCCCC(OC(=O)NCCCS(=O)(=O)O)c1ccc(OC)cc1. The topological polar surface area (TPSA) is 102 Å². The van der Waals surface area contributed by atoms with Crippen LogP contribution in [0.1, 0.15) is 95.6 Å². The van der Waals surface area contributed by atoms with E-state index in [-0.39, 0.29) is 19.1 Å². The first-order valence-electron chi connectivity index (χ1n) is 11.9. The highest BCUT2D eigenvalue weighted by Crippen LogP contribution is 2.26. The van der Waals surface area contributed by atoms with Gasteiger partial charge in [-0.15, -0.1) is 0 Å². The molecule has 2 N–H and O–H groups in total. The summed E-state index contributed by atoms with van der Waals surface area (Å²) in [4.78, 5) is 12.2. The van der Waals surface area contributed by atoms with Gasteiger partial charge in [0.25, 0.3) is 10.1 Å². The Morgan fingerprint density at radius 3 is 2.03 bits per heavy atom. The first kappa shape index (κ1) is 28.2. The molecule has 1 rings (SSSR count). The Labute approximate surface area is 194 Å². The Balaban J connectivity index is 2.41. The fraction of sp³-hybridized carbons (Fsp3) is 0.708.